The number of nitrogens with one attached hydrogen (secondary N) is 1. The van der Waals surface area contributed by atoms with E-state index < -0.39 is 0 Å². The van der Waals surface area contributed by atoms with Crippen LogP contribution in [0.25, 0.3) is 0 Å². The molecule has 6 heteroatoms. The van der Waals surface area contributed by atoms with Crippen LogP contribution in [0.4, 0.5) is 0 Å². The summed E-state index contributed by atoms with van der Waals surface area (Å²) in [6, 6.07) is 4.06. The van der Waals surface area contributed by atoms with Crippen molar-refractivity contribution in [3.05, 3.63) is 24.2 Å². The number of rotatable bonds is 9. The van der Waals surface area contributed by atoms with E-state index in [4.69, 9.17) is 10.2 Å². The van der Waals surface area contributed by atoms with E-state index >= 15 is 0 Å². The highest BCUT2D eigenvalue weighted by Crippen LogP contribution is 2.21. The number of hydrogen-bond donors (Lipinski definition) is 2. The van der Waals surface area contributed by atoms with E-state index in [1.807, 2.05) is 12.1 Å². The molecule has 0 bridgehead atoms. The van der Waals surface area contributed by atoms with Crippen molar-refractivity contribution in [2.45, 2.75) is 39.7 Å². The van der Waals surface area contributed by atoms with E-state index in [2.05, 4.69) is 36.0 Å². The first kappa shape index (κ1) is 20.2. The van der Waals surface area contributed by atoms with Gasteiger partial charge in [0.25, 0.3) is 0 Å². The van der Waals surface area contributed by atoms with Crippen LogP contribution in [0.2, 0.25) is 0 Å². The second kappa shape index (κ2) is 11.9. The lowest BCUT2D eigenvalue weighted by molar-refractivity contribution is 0.198. The van der Waals surface area contributed by atoms with Crippen LogP contribution in [0.5, 0.6) is 0 Å². The molecule has 0 aliphatic carbocycles. The molecule has 1 aromatic heterocycles. The molecule has 5 nitrogen and oxygen atoms in total. The van der Waals surface area contributed by atoms with Gasteiger partial charge in [-0.3, -0.25) is 9.89 Å². The summed E-state index contributed by atoms with van der Waals surface area (Å²) in [5.74, 6) is 1.46. The van der Waals surface area contributed by atoms with Gasteiger partial charge in [-0.2, -0.15) is 0 Å². The standard InChI is InChI=1S/C15H28N4O.HI/c1-4-7-10-17-15(16)18-12-13(19(5-2)6-3)14-9-8-11-20-14;/h8-9,11,13H,4-7,10,12H2,1-3H3,(H3,16,17,18);1H. The predicted octanol–water partition coefficient (Wildman–Crippen LogP) is 2.98. The molecule has 122 valence electrons. The molecule has 1 unspecified atom stereocenters. The zero-order valence-corrected chi connectivity index (χ0v) is 15.7. The molecular weight excluding hydrogens is 379 g/mol. The molecular formula is C15H29IN4O. The highest BCUT2D eigenvalue weighted by atomic mass is 127. The first-order valence-electron chi connectivity index (χ1n) is 7.54. The molecule has 1 heterocycles. The minimum absolute atomic E-state index is 0. The Labute approximate surface area is 145 Å². The van der Waals surface area contributed by atoms with Gasteiger partial charge in [-0.05, 0) is 31.6 Å². The van der Waals surface area contributed by atoms with Crippen molar-refractivity contribution in [2.75, 3.05) is 26.2 Å². The maximum Gasteiger partial charge on any atom is 0.188 e. The number of hydrogen-bond acceptors (Lipinski definition) is 3. The van der Waals surface area contributed by atoms with Gasteiger partial charge in [0.05, 0.1) is 18.8 Å². The van der Waals surface area contributed by atoms with Gasteiger partial charge in [-0.1, -0.05) is 27.2 Å². The summed E-state index contributed by atoms with van der Waals surface area (Å²) in [4.78, 5) is 6.77. The van der Waals surface area contributed by atoms with Crippen molar-refractivity contribution in [1.29, 1.82) is 0 Å². The Kier molecular flexibility index (Phi) is 11.4. The maximum atomic E-state index is 5.89. The van der Waals surface area contributed by atoms with Gasteiger partial charge >= 0.3 is 0 Å². The number of nitrogens with zero attached hydrogens (tertiary/aromatic N) is 2. The summed E-state index contributed by atoms with van der Waals surface area (Å²) >= 11 is 0. The maximum absolute atomic E-state index is 5.89. The quantitative estimate of drug-likeness (QED) is 0.285. The topological polar surface area (TPSA) is 66.8 Å². The summed E-state index contributed by atoms with van der Waals surface area (Å²) < 4.78 is 5.54. The number of nitrogens with two attached hydrogens (primary N) is 1. The number of aliphatic imine (C=N–C) groups is 1. The fourth-order valence-corrected chi connectivity index (χ4v) is 2.16. The Morgan fingerprint density at radius 3 is 2.62 bits per heavy atom. The van der Waals surface area contributed by atoms with Gasteiger partial charge in [-0.25, -0.2) is 0 Å². The zero-order valence-electron chi connectivity index (χ0n) is 13.3. The van der Waals surface area contributed by atoms with Gasteiger partial charge < -0.3 is 15.5 Å². The Bertz CT molecular complexity index is 377. The molecule has 0 saturated carbocycles. The number of likely N-dealkylation sites (N-methyl/N-ethyl adjacent to an activating group) is 1. The summed E-state index contributed by atoms with van der Waals surface area (Å²) in [5, 5.41) is 3.14. The first-order chi connectivity index (χ1) is 9.72. The van der Waals surface area contributed by atoms with Crippen LogP contribution < -0.4 is 11.1 Å². The Balaban J connectivity index is 0.00000400. The molecule has 1 rings (SSSR count). The van der Waals surface area contributed by atoms with Gasteiger partial charge in [0.2, 0.25) is 0 Å². The van der Waals surface area contributed by atoms with Crippen molar-refractivity contribution >= 4 is 29.9 Å². The highest BCUT2D eigenvalue weighted by molar-refractivity contribution is 14.0. The molecule has 0 spiro atoms. The summed E-state index contributed by atoms with van der Waals surface area (Å²) in [7, 11) is 0. The van der Waals surface area contributed by atoms with Crippen LogP contribution in [-0.2, 0) is 0 Å². The zero-order chi connectivity index (χ0) is 14.8. The fourth-order valence-electron chi connectivity index (χ4n) is 2.16. The first-order valence-corrected chi connectivity index (χ1v) is 7.54. The Morgan fingerprint density at radius 2 is 2.10 bits per heavy atom. The highest BCUT2D eigenvalue weighted by Gasteiger charge is 2.20. The monoisotopic (exact) mass is 408 g/mol. The van der Waals surface area contributed by atoms with Crippen LogP contribution >= 0.6 is 24.0 Å². The number of guanidine groups is 1. The SMILES string of the molecule is CCCCNC(N)=NCC(c1ccco1)N(CC)CC.I. The molecule has 0 radical (unpaired) electrons. The fraction of sp³-hybridized carbons (Fsp3) is 0.667. The van der Waals surface area contributed by atoms with E-state index in [0.717, 1.165) is 38.2 Å². The van der Waals surface area contributed by atoms with Crippen LogP contribution in [0, 0.1) is 0 Å². The van der Waals surface area contributed by atoms with Gasteiger partial charge in [-0.15, -0.1) is 24.0 Å². The normalized spacial score (nSPS) is 13.0. The van der Waals surface area contributed by atoms with Crippen molar-refractivity contribution in [3.8, 4) is 0 Å². The average molecular weight is 408 g/mol. The summed E-state index contributed by atoms with van der Waals surface area (Å²) in [6.45, 7) is 9.85. The molecule has 0 aliphatic heterocycles. The van der Waals surface area contributed by atoms with Crippen molar-refractivity contribution in [2.24, 2.45) is 10.7 Å². The molecule has 0 aliphatic rings. The van der Waals surface area contributed by atoms with Crippen LogP contribution in [0.3, 0.4) is 0 Å². The minimum Gasteiger partial charge on any atom is -0.468 e. The number of halogens is 1. The molecule has 0 fully saturated rings. The van der Waals surface area contributed by atoms with Crippen molar-refractivity contribution < 1.29 is 4.42 Å². The van der Waals surface area contributed by atoms with E-state index in [-0.39, 0.29) is 30.0 Å². The second-order valence-electron chi connectivity index (χ2n) is 4.76. The van der Waals surface area contributed by atoms with E-state index in [1.54, 1.807) is 6.26 Å². The third-order valence-corrected chi connectivity index (χ3v) is 3.40. The predicted molar refractivity (Wildman–Crippen MR) is 99.2 cm³/mol. The smallest absolute Gasteiger partial charge is 0.188 e. The molecule has 3 N–H and O–H groups in total. The van der Waals surface area contributed by atoms with Gasteiger partial charge in [0.1, 0.15) is 5.76 Å². The molecule has 0 saturated heterocycles. The minimum atomic E-state index is 0. The lowest BCUT2D eigenvalue weighted by atomic mass is 10.2. The third-order valence-electron chi connectivity index (χ3n) is 3.40. The lowest BCUT2D eigenvalue weighted by Crippen LogP contribution is -2.35. The lowest BCUT2D eigenvalue weighted by Gasteiger charge is -2.26. The molecule has 1 aromatic rings. The van der Waals surface area contributed by atoms with Crippen LogP contribution in [0.15, 0.2) is 27.8 Å². The Morgan fingerprint density at radius 1 is 1.38 bits per heavy atom. The molecule has 21 heavy (non-hydrogen) atoms. The second-order valence-corrected chi connectivity index (χ2v) is 4.76. The number of furan rings is 1. The average Bonchev–Trinajstić information content (AvgIpc) is 2.97. The van der Waals surface area contributed by atoms with E-state index in [0.29, 0.717) is 12.5 Å². The van der Waals surface area contributed by atoms with Gasteiger partial charge in [0.15, 0.2) is 5.96 Å². The van der Waals surface area contributed by atoms with Crippen molar-refractivity contribution in [1.82, 2.24) is 10.2 Å². The Hall–Kier alpha value is -0.760. The van der Waals surface area contributed by atoms with Crippen LogP contribution in [-0.4, -0.2) is 37.0 Å². The van der Waals surface area contributed by atoms with E-state index in [1.165, 1.54) is 0 Å². The molecule has 0 aromatic carbocycles. The molecule has 1 atom stereocenters. The van der Waals surface area contributed by atoms with Crippen molar-refractivity contribution in [3.63, 3.8) is 0 Å². The summed E-state index contributed by atoms with van der Waals surface area (Å²) in [5.41, 5.74) is 5.89. The van der Waals surface area contributed by atoms with Crippen LogP contribution in [0.1, 0.15) is 45.4 Å². The molecule has 0 amide bonds. The van der Waals surface area contributed by atoms with Gasteiger partial charge in [0, 0.05) is 6.54 Å². The van der Waals surface area contributed by atoms with E-state index in [9.17, 15) is 0 Å². The largest absolute Gasteiger partial charge is 0.468 e. The number of unbranched alkanes of at least 4 members (excludes halogenated alkanes) is 1. The third kappa shape index (κ3) is 7.17. The summed E-state index contributed by atoms with van der Waals surface area (Å²) in [6.07, 6.45) is 3.96.